The fourth-order valence-electron chi connectivity index (χ4n) is 3.08. The van der Waals surface area contributed by atoms with Crippen molar-refractivity contribution in [1.82, 2.24) is 5.32 Å². The van der Waals surface area contributed by atoms with Crippen molar-refractivity contribution < 1.29 is 13.2 Å². The molecule has 3 aromatic rings. The van der Waals surface area contributed by atoms with Gasteiger partial charge in [0.05, 0.1) is 16.6 Å². The molecule has 0 aliphatic rings. The molecule has 7 heteroatoms. The Bertz CT molecular complexity index is 1190. The number of rotatable bonds is 6. The Morgan fingerprint density at radius 3 is 2.30 bits per heavy atom. The molecule has 1 unspecified atom stereocenters. The van der Waals surface area contributed by atoms with E-state index in [4.69, 9.17) is 11.6 Å². The zero-order chi connectivity index (χ0) is 21.9. The van der Waals surface area contributed by atoms with Gasteiger partial charge in [0.15, 0.2) is 0 Å². The van der Waals surface area contributed by atoms with Gasteiger partial charge >= 0.3 is 0 Å². The van der Waals surface area contributed by atoms with E-state index >= 15 is 0 Å². The van der Waals surface area contributed by atoms with Gasteiger partial charge in [0, 0.05) is 10.6 Å². The Hall–Kier alpha value is -2.83. The number of para-hydroxylation sites is 1. The SMILES string of the molecule is Cc1ccccc1NS(=O)(=O)c1ccc(C)c(C(=O)NC(C)c2ccccc2Cl)c1. The van der Waals surface area contributed by atoms with E-state index < -0.39 is 10.0 Å². The Balaban J connectivity index is 1.86. The summed E-state index contributed by atoms with van der Waals surface area (Å²) in [5.74, 6) is -0.368. The molecule has 0 spiro atoms. The summed E-state index contributed by atoms with van der Waals surface area (Å²) in [6.45, 7) is 5.41. The summed E-state index contributed by atoms with van der Waals surface area (Å²) in [7, 11) is -3.85. The van der Waals surface area contributed by atoms with Crippen LogP contribution in [0.4, 0.5) is 5.69 Å². The van der Waals surface area contributed by atoms with Crippen molar-refractivity contribution in [2.45, 2.75) is 31.7 Å². The maximum absolute atomic E-state index is 12.9. The summed E-state index contributed by atoms with van der Waals surface area (Å²) in [6.07, 6.45) is 0. The van der Waals surface area contributed by atoms with Crippen molar-refractivity contribution in [3.8, 4) is 0 Å². The van der Waals surface area contributed by atoms with E-state index in [0.29, 0.717) is 21.8 Å². The highest BCUT2D eigenvalue weighted by molar-refractivity contribution is 7.92. The summed E-state index contributed by atoms with van der Waals surface area (Å²) < 4.78 is 28.3. The van der Waals surface area contributed by atoms with Crippen molar-refractivity contribution in [2.75, 3.05) is 4.72 Å². The second-order valence-electron chi connectivity index (χ2n) is 7.11. The monoisotopic (exact) mass is 442 g/mol. The van der Waals surface area contributed by atoms with Gasteiger partial charge in [0.2, 0.25) is 0 Å². The van der Waals surface area contributed by atoms with Crippen LogP contribution >= 0.6 is 11.6 Å². The Morgan fingerprint density at radius 2 is 1.60 bits per heavy atom. The lowest BCUT2D eigenvalue weighted by Crippen LogP contribution is -2.28. The van der Waals surface area contributed by atoms with Crippen LogP contribution < -0.4 is 10.0 Å². The van der Waals surface area contributed by atoms with Crippen LogP contribution in [-0.2, 0) is 10.0 Å². The minimum atomic E-state index is -3.85. The molecule has 0 bridgehead atoms. The smallest absolute Gasteiger partial charge is 0.261 e. The number of halogens is 1. The predicted molar refractivity (Wildman–Crippen MR) is 120 cm³/mol. The summed E-state index contributed by atoms with van der Waals surface area (Å²) >= 11 is 6.22. The van der Waals surface area contributed by atoms with Crippen molar-refractivity contribution in [3.05, 3.63) is 94.0 Å². The number of aryl methyl sites for hydroxylation is 2. The maximum Gasteiger partial charge on any atom is 0.261 e. The van der Waals surface area contributed by atoms with E-state index in [0.717, 1.165) is 11.1 Å². The molecule has 0 fully saturated rings. The topological polar surface area (TPSA) is 75.3 Å². The third-order valence-corrected chi connectivity index (χ3v) is 6.58. The van der Waals surface area contributed by atoms with Gasteiger partial charge in [-0.3, -0.25) is 9.52 Å². The molecule has 156 valence electrons. The standard InChI is InChI=1S/C23H23ClN2O3S/c1-15-12-13-18(30(28,29)26-22-11-7-4-8-16(22)2)14-20(15)23(27)25-17(3)19-9-5-6-10-21(19)24/h4-14,17,26H,1-3H3,(H,25,27). The minimum absolute atomic E-state index is 0.0203. The number of hydrogen-bond donors (Lipinski definition) is 2. The number of carbonyl (C=O) groups excluding carboxylic acids is 1. The number of anilines is 1. The van der Waals surface area contributed by atoms with Gasteiger partial charge in [-0.25, -0.2) is 8.42 Å². The second kappa shape index (κ2) is 8.90. The zero-order valence-electron chi connectivity index (χ0n) is 16.9. The van der Waals surface area contributed by atoms with E-state index in [1.54, 1.807) is 31.2 Å². The van der Waals surface area contributed by atoms with Gasteiger partial charge in [0.25, 0.3) is 15.9 Å². The molecule has 2 N–H and O–H groups in total. The second-order valence-corrected chi connectivity index (χ2v) is 9.20. The van der Waals surface area contributed by atoms with E-state index in [1.165, 1.54) is 12.1 Å². The minimum Gasteiger partial charge on any atom is -0.345 e. The van der Waals surface area contributed by atoms with Crippen LogP contribution in [0.1, 0.15) is 40.0 Å². The van der Waals surface area contributed by atoms with Gasteiger partial charge in [-0.2, -0.15) is 0 Å². The first-order valence-electron chi connectivity index (χ1n) is 9.43. The molecule has 30 heavy (non-hydrogen) atoms. The largest absolute Gasteiger partial charge is 0.345 e. The van der Waals surface area contributed by atoms with Crippen molar-refractivity contribution in [2.24, 2.45) is 0 Å². The van der Waals surface area contributed by atoms with Gasteiger partial charge in [-0.05, 0) is 61.7 Å². The summed E-state index contributed by atoms with van der Waals surface area (Å²) in [5, 5.41) is 3.45. The first kappa shape index (κ1) is 21.9. The Kier molecular flexibility index (Phi) is 6.48. The molecular weight excluding hydrogens is 420 g/mol. The number of sulfonamides is 1. The first-order valence-corrected chi connectivity index (χ1v) is 11.3. The van der Waals surface area contributed by atoms with Gasteiger partial charge in [0.1, 0.15) is 0 Å². The van der Waals surface area contributed by atoms with Crippen LogP contribution in [-0.4, -0.2) is 14.3 Å². The predicted octanol–water partition coefficient (Wildman–Crippen LogP) is 5.25. The highest BCUT2D eigenvalue weighted by Crippen LogP contribution is 2.24. The number of amides is 1. The van der Waals surface area contributed by atoms with E-state index in [-0.39, 0.29) is 16.8 Å². The maximum atomic E-state index is 12.9. The van der Waals surface area contributed by atoms with Crippen LogP contribution in [0.2, 0.25) is 5.02 Å². The Morgan fingerprint density at radius 1 is 0.933 bits per heavy atom. The number of hydrogen-bond acceptors (Lipinski definition) is 3. The molecule has 3 aromatic carbocycles. The average molecular weight is 443 g/mol. The fraction of sp³-hybridized carbons (Fsp3) is 0.174. The van der Waals surface area contributed by atoms with Gasteiger partial charge < -0.3 is 5.32 Å². The van der Waals surface area contributed by atoms with Crippen LogP contribution in [0.15, 0.2) is 71.6 Å². The lowest BCUT2D eigenvalue weighted by atomic mass is 10.1. The van der Waals surface area contributed by atoms with Crippen molar-refractivity contribution in [1.29, 1.82) is 0 Å². The number of carbonyl (C=O) groups is 1. The number of nitrogens with one attached hydrogen (secondary N) is 2. The van der Waals surface area contributed by atoms with Crippen LogP contribution in [0.25, 0.3) is 0 Å². The van der Waals surface area contributed by atoms with E-state index in [2.05, 4.69) is 10.0 Å². The van der Waals surface area contributed by atoms with E-state index in [9.17, 15) is 13.2 Å². The van der Waals surface area contributed by atoms with Gasteiger partial charge in [-0.1, -0.05) is 54.1 Å². The Labute approximate surface area is 182 Å². The van der Waals surface area contributed by atoms with Crippen molar-refractivity contribution in [3.63, 3.8) is 0 Å². The molecule has 3 rings (SSSR count). The van der Waals surface area contributed by atoms with E-state index in [1.807, 2.05) is 44.2 Å². The van der Waals surface area contributed by atoms with Crippen molar-refractivity contribution >= 4 is 33.2 Å². The van der Waals surface area contributed by atoms with Gasteiger partial charge in [-0.15, -0.1) is 0 Å². The molecule has 0 aliphatic carbocycles. The summed E-state index contributed by atoms with van der Waals surface area (Å²) in [4.78, 5) is 12.9. The van der Waals surface area contributed by atoms with Crippen LogP contribution in [0.5, 0.6) is 0 Å². The molecule has 0 aromatic heterocycles. The quantitative estimate of drug-likeness (QED) is 0.547. The summed E-state index contributed by atoms with van der Waals surface area (Å²) in [5.41, 5.74) is 3.06. The fourth-order valence-corrected chi connectivity index (χ4v) is 4.54. The number of benzene rings is 3. The highest BCUT2D eigenvalue weighted by atomic mass is 35.5. The normalized spacial score (nSPS) is 12.3. The molecule has 0 radical (unpaired) electrons. The first-order chi connectivity index (χ1) is 14.2. The third-order valence-electron chi connectivity index (χ3n) is 4.87. The average Bonchev–Trinajstić information content (AvgIpc) is 2.70. The van der Waals surface area contributed by atoms with Crippen LogP contribution in [0, 0.1) is 13.8 Å². The lowest BCUT2D eigenvalue weighted by molar-refractivity contribution is 0.0939. The molecule has 0 aliphatic heterocycles. The molecule has 0 heterocycles. The lowest BCUT2D eigenvalue weighted by Gasteiger charge is -2.17. The zero-order valence-corrected chi connectivity index (χ0v) is 18.5. The highest BCUT2D eigenvalue weighted by Gasteiger charge is 2.20. The molecule has 5 nitrogen and oxygen atoms in total. The third kappa shape index (κ3) is 4.83. The molecule has 0 saturated carbocycles. The van der Waals surface area contributed by atoms with Crippen LogP contribution in [0.3, 0.4) is 0 Å². The molecule has 1 atom stereocenters. The molecular formula is C23H23ClN2O3S. The molecule has 0 saturated heterocycles. The molecule has 1 amide bonds. The summed E-state index contributed by atoms with van der Waals surface area (Å²) in [6, 6.07) is 18.5.